The minimum atomic E-state index is -0.0686. The molecule has 0 bridgehead atoms. The molecule has 1 amide bonds. The molecule has 0 N–H and O–H groups in total. The van der Waals surface area contributed by atoms with Crippen molar-refractivity contribution >= 4 is 17.2 Å². The van der Waals surface area contributed by atoms with Gasteiger partial charge in [-0.25, -0.2) is 4.98 Å². The van der Waals surface area contributed by atoms with Crippen LogP contribution in [-0.4, -0.2) is 29.9 Å². The number of thiazole rings is 1. The number of carbonyl (C=O) groups excluding carboxylic acids is 1. The summed E-state index contributed by atoms with van der Waals surface area (Å²) in [5, 5.41) is 2.99. The lowest BCUT2D eigenvalue weighted by molar-refractivity contribution is 0.0742. The standard InChI is InChI=1S/C22H24N2O3S/c1-15(17-8-10-20(26-4)11-9-17)24(3)22(25)18-6-5-7-21(12-18)27-13-19-14-28-16(2)23-19/h5-12,14-15H,13H2,1-4H3. The number of amides is 1. The smallest absolute Gasteiger partial charge is 0.254 e. The molecule has 0 saturated heterocycles. The Hall–Kier alpha value is -2.86. The molecule has 5 nitrogen and oxygen atoms in total. The Labute approximate surface area is 169 Å². The van der Waals surface area contributed by atoms with Crippen molar-refractivity contribution in [3.63, 3.8) is 0 Å². The number of aryl methyl sites for hydroxylation is 1. The highest BCUT2D eigenvalue weighted by Gasteiger charge is 2.19. The molecule has 3 rings (SSSR count). The van der Waals surface area contributed by atoms with Gasteiger partial charge in [0.2, 0.25) is 0 Å². The van der Waals surface area contributed by atoms with E-state index >= 15 is 0 Å². The van der Waals surface area contributed by atoms with Gasteiger partial charge in [0.05, 0.1) is 23.9 Å². The minimum Gasteiger partial charge on any atom is -0.497 e. The highest BCUT2D eigenvalue weighted by Crippen LogP contribution is 2.24. The third-order valence-corrected chi connectivity index (χ3v) is 5.46. The molecule has 3 aromatic rings. The highest BCUT2D eigenvalue weighted by atomic mass is 32.1. The van der Waals surface area contributed by atoms with Gasteiger partial charge in [-0.2, -0.15) is 0 Å². The van der Waals surface area contributed by atoms with E-state index in [1.807, 2.05) is 62.7 Å². The monoisotopic (exact) mass is 396 g/mol. The quantitative estimate of drug-likeness (QED) is 0.572. The number of hydrogen-bond acceptors (Lipinski definition) is 5. The van der Waals surface area contributed by atoms with Crippen LogP contribution in [0.4, 0.5) is 0 Å². The topological polar surface area (TPSA) is 51.7 Å². The van der Waals surface area contributed by atoms with Gasteiger partial charge in [0.1, 0.15) is 18.1 Å². The molecule has 28 heavy (non-hydrogen) atoms. The third kappa shape index (κ3) is 4.70. The van der Waals surface area contributed by atoms with Crippen molar-refractivity contribution in [2.75, 3.05) is 14.2 Å². The summed E-state index contributed by atoms with van der Waals surface area (Å²) in [4.78, 5) is 19.1. The molecule has 1 atom stereocenters. The van der Waals surface area contributed by atoms with Crippen LogP contribution in [0.25, 0.3) is 0 Å². The lowest BCUT2D eigenvalue weighted by Crippen LogP contribution is -2.29. The summed E-state index contributed by atoms with van der Waals surface area (Å²) in [6, 6.07) is 15.0. The van der Waals surface area contributed by atoms with Gasteiger partial charge in [0.25, 0.3) is 5.91 Å². The number of rotatable bonds is 7. The summed E-state index contributed by atoms with van der Waals surface area (Å²) in [6.07, 6.45) is 0. The molecular formula is C22H24N2O3S. The number of aromatic nitrogens is 1. The van der Waals surface area contributed by atoms with Crippen LogP contribution in [0.15, 0.2) is 53.9 Å². The fourth-order valence-electron chi connectivity index (χ4n) is 2.84. The van der Waals surface area contributed by atoms with Gasteiger partial charge in [-0.05, 0) is 49.7 Å². The SMILES string of the molecule is COc1ccc(C(C)N(C)C(=O)c2cccc(OCc3csc(C)n3)c2)cc1. The average Bonchev–Trinajstić information content (AvgIpc) is 3.16. The first-order chi connectivity index (χ1) is 13.5. The predicted molar refractivity (Wildman–Crippen MR) is 111 cm³/mol. The number of methoxy groups -OCH3 is 1. The first kappa shape index (κ1) is 19.9. The van der Waals surface area contributed by atoms with E-state index < -0.39 is 0 Å². The lowest BCUT2D eigenvalue weighted by atomic mass is 10.1. The number of ether oxygens (including phenoxy) is 2. The molecule has 1 aromatic heterocycles. The zero-order valence-corrected chi connectivity index (χ0v) is 17.3. The van der Waals surface area contributed by atoms with Crippen molar-refractivity contribution in [3.05, 3.63) is 75.7 Å². The maximum atomic E-state index is 12.9. The fraction of sp³-hybridized carbons (Fsp3) is 0.273. The van der Waals surface area contributed by atoms with E-state index in [9.17, 15) is 4.79 Å². The largest absolute Gasteiger partial charge is 0.497 e. The van der Waals surface area contributed by atoms with Crippen molar-refractivity contribution in [2.45, 2.75) is 26.5 Å². The molecule has 1 unspecified atom stereocenters. The summed E-state index contributed by atoms with van der Waals surface area (Å²) in [5.74, 6) is 1.39. The molecule has 0 fully saturated rings. The van der Waals surface area contributed by atoms with Crippen LogP contribution < -0.4 is 9.47 Å². The number of nitrogens with zero attached hydrogens (tertiary/aromatic N) is 2. The van der Waals surface area contributed by atoms with Gasteiger partial charge in [-0.1, -0.05) is 18.2 Å². The van der Waals surface area contributed by atoms with Crippen molar-refractivity contribution in [1.82, 2.24) is 9.88 Å². The molecule has 0 aliphatic rings. The van der Waals surface area contributed by atoms with Gasteiger partial charge in [0.15, 0.2) is 0 Å². The van der Waals surface area contributed by atoms with Crippen LogP contribution in [0.1, 0.15) is 39.6 Å². The fourth-order valence-corrected chi connectivity index (χ4v) is 3.43. The second kappa shape index (κ2) is 8.89. The first-order valence-electron chi connectivity index (χ1n) is 9.03. The zero-order valence-electron chi connectivity index (χ0n) is 16.5. The highest BCUT2D eigenvalue weighted by molar-refractivity contribution is 7.09. The summed E-state index contributed by atoms with van der Waals surface area (Å²) >= 11 is 1.60. The minimum absolute atomic E-state index is 0.0572. The first-order valence-corrected chi connectivity index (χ1v) is 9.91. The Morgan fingerprint density at radius 2 is 1.93 bits per heavy atom. The molecule has 0 saturated carbocycles. The Morgan fingerprint density at radius 1 is 1.18 bits per heavy atom. The summed E-state index contributed by atoms with van der Waals surface area (Å²) < 4.78 is 11.0. The molecule has 2 aromatic carbocycles. The second-order valence-corrected chi connectivity index (χ2v) is 7.60. The van der Waals surface area contributed by atoms with E-state index in [0.29, 0.717) is 17.9 Å². The van der Waals surface area contributed by atoms with Crippen LogP contribution in [0.2, 0.25) is 0 Å². The Balaban J connectivity index is 1.68. The van der Waals surface area contributed by atoms with E-state index in [1.165, 1.54) is 0 Å². The molecule has 0 radical (unpaired) electrons. The van der Waals surface area contributed by atoms with Gasteiger partial charge in [0, 0.05) is 18.0 Å². The van der Waals surface area contributed by atoms with E-state index in [1.54, 1.807) is 35.5 Å². The lowest BCUT2D eigenvalue weighted by Gasteiger charge is -2.25. The number of benzene rings is 2. The van der Waals surface area contributed by atoms with Gasteiger partial charge in [-0.15, -0.1) is 11.3 Å². The molecular weight excluding hydrogens is 372 g/mol. The summed E-state index contributed by atoms with van der Waals surface area (Å²) in [5.41, 5.74) is 2.53. The normalized spacial score (nSPS) is 11.7. The molecule has 1 heterocycles. The Bertz CT molecular complexity index is 937. The number of hydrogen-bond donors (Lipinski definition) is 0. The van der Waals surface area contributed by atoms with Crippen LogP contribution in [0, 0.1) is 6.92 Å². The van der Waals surface area contributed by atoms with Crippen molar-refractivity contribution in [2.24, 2.45) is 0 Å². The van der Waals surface area contributed by atoms with Crippen molar-refractivity contribution < 1.29 is 14.3 Å². The summed E-state index contributed by atoms with van der Waals surface area (Å²) in [6.45, 7) is 4.36. The van der Waals surface area contributed by atoms with Crippen LogP contribution in [-0.2, 0) is 6.61 Å². The average molecular weight is 397 g/mol. The maximum absolute atomic E-state index is 12.9. The van der Waals surface area contributed by atoms with Crippen LogP contribution >= 0.6 is 11.3 Å². The van der Waals surface area contributed by atoms with Crippen molar-refractivity contribution in [1.29, 1.82) is 0 Å². The van der Waals surface area contributed by atoms with E-state index in [4.69, 9.17) is 9.47 Å². The van der Waals surface area contributed by atoms with Crippen LogP contribution in [0.3, 0.4) is 0 Å². The van der Waals surface area contributed by atoms with E-state index in [0.717, 1.165) is 22.0 Å². The van der Waals surface area contributed by atoms with E-state index in [2.05, 4.69) is 4.98 Å². The van der Waals surface area contributed by atoms with Crippen molar-refractivity contribution in [3.8, 4) is 11.5 Å². The van der Waals surface area contributed by atoms with Gasteiger partial charge < -0.3 is 14.4 Å². The Kier molecular flexibility index (Phi) is 6.31. The third-order valence-electron chi connectivity index (χ3n) is 4.63. The van der Waals surface area contributed by atoms with Gasteiger partial charge >= 0.3 is 0 Å². The predicted octanol–water partition coefficient (Wildman–Crippen LogP) is 4.87. The van der Waals surface area contributed by atoms with E-state index in [-0.39, 0.29) is 11.9 Å². The number of carbonyl (C=O) groups is 1. The second-order valence-electron chi connectivity index (χ2n) is 6.54. The van der Waals surface area contributed by atoms with Gasteiger partial charge in [-0.3, -0.25) is 4.79 Å². The van der Waals surface area contributed by atoms with Crippen LogP contribution in [0.5, 0.6) is 11.5 Å². The maximum Gasteiger partial charge on any atom is 0.254 e. The molecule has 6 heteroatoms. The summed E-state index contributed by atoms with van der Waals surface area (Å²) in [7, 11) is 3.45. The molecule has 0 aliphatic carbocycles. The molecule has 146 valence electrons. The Morgan fingerprint density at radius 3 is 2.57 bits per heavy atom. The zero-order chi connectivity index (χ0) is 20.1. The molecule has 0 aliphatic heterocycles. The molecule has 0 spiro atoms.